The predicted molar refractivity (Wildman–Crippen MR) is 276 cm³/mol. The van der Waals surface area contributed by atoms with E-state index in [9.17, 15) is 30.3 Å². The van der Waals surface area contributed by atoms with Crippen molar-refractivity contribution in [3.63, 3.8) is 0 Å². The fourth-order valence-corrected chi connectivity index (χ4v) is 8.96. The minimum absolute atomic E-state index is 0.186. The van der Waals surface area contributed by atoms with E-state index in [0.717, 1.165) is 44.9 Å². The molecule has 388 valence electrons. The maximum Gasteiger partial charge on any atom is 0.220 e. The SMILES string of the molecule is CCCCCCCCCCCC/C=C/CC/C=C/CC/C=C/C(O)C(COC1OC(CO)C(O)C(O)C1O)NC(=O)CCCCCCCCCCCCCCCCCCCCCCCCC. The van der Waals surface area contributed by atoms with Crippen LogP contribution in [-0.4, -0.2) is 87.5 Å². The van der Waals surface area contributed by atoms with Crippen LogP contribution in [0, 0.1) is 0 Å². The molecule has 0 saturated carbocycles. The average molecular weight is 934 g/mol. The lowest BCUT2D eigenvalue weighted by Gasteiger charge is -2.40. The molecule has 0 aromatic rings. The Morgan fingerprint density at radius 2 is 0.864 bits per heavy atom. The summed E-state index contributed by atoms with van der Waals surface area (Å²) in [5.41, 5.74) is 0. The zero-order chi connectivity index (χ0) is 48.0. The Hall–Kier alpha value is -1.59. The van der Waals surface area contributed by atoms with E-state index in [1.165, 1.54) is 199 Å². The van der Waals surface area contributed by atoms with E-state index in [1.54, 1.807) is 6.08 Å². The standard InChI is InChI=1S/C57H107NO8/c1-3-5-7-9-11-13-15-17-19-21-23-25-26-27-29-31-33-35-37-39-41-43-45-47-53(61)58-50(49-65-57-56(64)55(63)54(62)52(48-59)66-57)51(60)46-44-42-40-38-36-34-32-30-28-24-22-20-18-16-14-12-10-8-6-4-2/h28,30,36,38,44,46,50-52,54-57,59-60,62-64H,3-27,29,31-35,37,39-43,45,47-49H2,1-2H3,(H,58,61)/b30-28+,38-36+,46-44+. The van der Waals surface area contributed by atoms with Gasteiger partial charge in [-0.05, 0) is 44.9 Å². The van der Waals surface area contributed by atoms with Crippen molar-refractivity contribution in [1.82, 2.24) is 5.32 Å². The summed E-state index contributed by atoms with van der Waals surface area (Å²) in [6, 6.07) is -0.826. The van der Waals surface area contributed by atoms with Crippen LogP contribution in [0.25, 0.3) is 0 Å². The van der Waals surface area contributed by atoms with Gasteiger partial charge in [0, 0.05) is 6.42 Å². The first-order valence-electron chi connectivity index (χ1n) is 28.2. The number of nitrogens with one attached hydrogen (secondary N) is 1. The molecule has 66 heavy (non-hydrogen) atoms. The third-order valence-corrected chi connectivity index (χ3v) is 13.4. The van der Waals surface area contributed by atoms with Crippen molar-refractivity contribution in [2.75, 3.05) is 13.2 Å². The van der Waals surface area contributed by atoms with Gasteiger partial charge in [-0.2, -0.15) is 0 Å². The molecule has 0 aromatic heterocycles. The van der Waals surface area contributed by atoms with Gasteiger partial charge in [0.15, 0.2) is 6.29 Å². The molecule has 7 atom stereocenters. The van der Waals surface area contributed by atoms with Crippen LogP contribution in [0.15, 0.2) is 36.5 Å². The molecule has 1 rings (SSSR count). The summed E-state index contributed by atoms with van der Waals surface area (Å²) in [7, 11) is 0. The monoisotopic (exact) mass is 934 g/mol. The molecule has 1 amide bonds. The zero-order valence-corrected chi connectivity index (χ0v) is 43.0. The fraction of sp³-hybridized carbons (Fsp3) is 0.877. The van der Waals surface area contributed by atoms with Crippen LogP contribution in [0.5, 0.6) is 0 Å². The number of hydrogen-bond donors (Lipinski definition) is 6. The summed E-state index contributed by atoms with van der Waals surface area (Å²) >= 11 is 0. The Kier molecular flexibility index (Phi) is 44.6. The molecule has 1 aliphatic heterocycles. The van der Waals surface area contributed by atoms with Crippen LogP contribution in [-0.2, 0) is 14.3 Å². The number of amides is 1. The quantitative estimate of drug-likeness (QED) is 0.0261. The molecule has 0 spiro atoms. The van der Waals surface area contributed by atoms with Crippen molar-refractivity contribution in [2.45, 2.75) is 307 Å². The Morgan fingerprint density at radius 1 is 0.500 bits per heavy atom. The Morgan fingerprint density at radius 3 is 1.27 bits per heavy atom. The molecule has 1 heterocycles. The lowest BCUT2D eigenvalue weighted by Crippen LogP contribution is -2.60. The van der Waals surface area contributed by atoms with Crippen LogP contribution in [0.2, 0.25) is 0 Å². The molecular weight excluding hydrogens is 827 g/mol. The van der Waals surface area contributed by atoms with Crippen molar-refractivity contribution in [3.8, 4) is 0 Å². The van der Waals surface area contributed by atoms with E-state index in [-0.39, 0.29) is 12.5 Å². The summed E-state index contributed by atoms with van der Waals surface area (Å²) < 4.78 is 11.2. The predicted octanol–water partition coefficient (Wildman–Crippen LogP) is 13.6. The minimum atomic E-state index is -1.57. The molecule has 7 unspecified atom stereocenters. The molecule has 9 nitrogen and oxygen atoms in total. The second-order valence-corrected chi connectivity index (χ2v) is 19.7. The van der Waals surface area contributed by atoms with E-state index < -0.39 is 49.5 Å². The Bertz CT molecular complexity index is 1130. The van der Waals surface area contributed by atoms with Gasteiger partial charge >= 0.3 is 0 Å². The smallest absolute Gasteiger partial charge is 0.220 e. The Balaban J connectivity index is 2.27. The van der Waals surface area contributed by atoms with Gasteiger partial charge in [-0.1, -0.05) is 249 Å². The van der Waals surface area contributed by atoms with Gasteiger partial charge in [0.2, 0.25) is 5.91 Å². The van der Waals surface area contributed by atoms with E-state index in [2.05, 4.69) is 43.5 Å². The number of aliphatic hydroxyl groups excluding tert-OH is 5. The maximum absolute atomic E-state index is 13.0. The highest BCUT2D eigenvalue weighted by Crippen LogP contribution is 2.23. The number of ether oxygens (including phenoxy) is 2. The molecule has 0 bridgehead atoms. The first kappa shape index (κ1) is 62.4. The molecule has 0 aliphatic carbocycles. The minimum Gasteiger partial charge on any atom is -0.394 e. The average Bonchev–Trinajstić information content (AvgIpc) is 3.32. The number of allylic oxidation sites excluding steroid dienone is 5. The fourth-order valence-electron chi connectivity index (χ4n) is 8.96. The van der Waals surface area contributed by atoms with Gasteiger partial charge in [0.05, 0.1) is 25.4 Å². The highest BCUT2D eigenvalue weighted by molar-refractivity contribution is 5.76. The molecule has 6 N–H and O–H groups in total. The molecule has 9 heteroatoms. The van der Waals surface area contributed by atoms with E-state index >= 15 is 0 Å². The van der Waals surface area contributed by atoms with Crippen LogP contribution >= 0.6 is 0 Å². The summed E-state index contributed by atoms with van der Waals surface area (Å²) in [6.45, 7) is 3.78. The number of hydrogen-bond acceptors (Lipinski definition) is 8. The van der Waals surface area contributed by atoms with Gasteiger partial charge in [0.25, 0.3) is 0 Å². The number of rotatable bonds is 48. The maximum atomic E-state index is 13.0. The van der Waals surface area contributed by atoms with Crippen LogP contribution < -0.4 is 5.32 Å². The van der Waals surface area contributed by atoms with Gasteiger partial charge in [0.1, 0.15) is 24.4 Å². The lowest BCUT2D eigenvalue weighted by molar-refractivity contribution is -0.302. The lowest BCUT2D eigenvalue weighted by atomic mass is 9.99. The first-order valence-corrected chi connectivity index (χ1v) is 28.2. The molecule has 1 saturated heterocycles. The van der Waals surface area contributed by atoms with Crippen molar-refractivity contribution in [3.05, 3.63) is 36.5 Å². The summed E-state index contributed by atoms with van der Waals surface area (Å²) in [4.78, 5) is 13.0. The van der Waals surface area contributed by atoms with Crippen molar-refractivity contribution in [2.24, 2.45) is 0 Å². The van der Waals surface area contributed by atoms with Gasteiger partial charge in [-0.3, -0.25) is 4.79 Å². The largest absolute Gasteiger partial charge is 0.394 e. The number of carbonyl (C=O) groups excluding carboxylic acids is 1. The van der Waals surface area contributed by atoms with Crippen molar-refractivity contribution < 1.29 is 39.8 Å². The summed E-state index contributed by atoms with van der Waals surface area (Å²) in [6.07, 6.45) is 53.5. The second-order valence-electron chi connectivity index (χ2n) is 19.7. The van der Waals surface area contributed by atoms with Gasteiger partial charge in [-0.15, -0.1) is 0 Å². The van der Waals surface area contributed by atoms with Crippen LogP contribution in [0.4, 0.5) is 0 Å². The highest BCUT2D eigenvalue weighted by atomic mass is 16.7. The molecular formula is C57H107NO8. The molecule has 1 fully saturated rings. The number of unbranched alkanes of at least 4 members (excludes halogenated alkanes) is 34. The van der Waals surface area contributed by atoms with Gasteiger partial charge < -0.3 is 40.3 Å². The summed E-state index contributed by atoms with van der Waals surface area (Å²) in [5.74, 6) is -0.186. The molecule has 0 radical (unpaired) electrons. The van der Waals surface area contributed by atoms with E-state index in [0.29, 0.717) is 6.42 Å². The van der Waals surface area contributed by atoms with E-state index in [1.807, 2.05) is 6.08 Å². The summed E-state index contributed by atoms with van der Waals surface area (Å²) in [5, 5.41) is 54.4. The van der Waals surface area contributed by atoms with Crippen LogP contribution in [0.1, 0.15) is 264 Å². The number of aliphatic hydroxyl groups is 5. The highest BCUT2D eigenvalue weighted by Gasteiger charge is 2.44. The molecule has 0 aromatic carbocycles. The molecule has 1 aliphatic rings. The normalized spacial score (nSPS) is 20.0. The van der Waals surface area contributed by atoms with Crippen LogP contribution in [0.3, 0.4) is 0 Å². The van der Waals surface area contributed by atoms with Crippen molar-refractivity contribution >= 4 is 5.91 Å². The zero-order valence-electron chi connectivity index (χ0n) is 43.0. The van der Waals surface area contributed by atoms with Gasteiger partial charge in [-0.25, -0.2) is 0 Å². The third kappa shape index (κ3) is 36.4. The van der Waals surface area contributed by atoms with E-state index in [4.69, 9.17) is 9.47 Å². The second kappa shape index (κ2) is 47.1. The Labute approximate surface area is 406 Å². The third-order valence-electron chi connectivity index (χ3n) is 13.4. The topological polar surface area (TPSA) is 149 Å². The van der Waals surface area contributed by atoms with Crippen molar-refractivity contribution in [1.29, 1.82) is 0 Å². The number of carbonyl (C=O) groups is 1. The first-order chi connectivity index (χ1) is 32.3.